The summed E-state index contributed by atoms with van der Waals surface area (Å²) >= 11 is 0. The summed E-state index contributed by atoms with van der Waals surface area (Å²) in [6.07, 6.45) is 0.999. The monoisotopic (exact) mass is 294 g/mol. The maximum Gasteiger partial charge on any atom is 0.320 e. The Hall–Kier alpha value is -2.20. The number of nitriles is 1. The molecule has 1 aliphatic rings. The van der Waals surface area contributed by atoms with Gasteiger partial charge in [-0.05, 0) is 32.0 Å². The lowest BCUT2D eigenvalue weighted by Gasteiger charge is -2.35. The van der Waals surface area contributed by atoms with Crippen LogP contribution in [0.25, 0.3) is 0 Å². The number of anilines is 1. The van der Waals surface area contributed by atoms with E-state index in [9.17, 15) is 18.8 Å². The van der Waals surface area contributed by atoms with E-state index in [1.165, 1.54) is 0 Å². The number of hydrogen-bond donors (Lipinski definition) is 2. The van der Waals surface area contributed by atoms with Gasteiger partial charge in [-0.15, -0.1) is 0 Å². The fourth-order valence-electron chi connectivity index (χ4n) is 2.23. The van der Waals surface area contributed by atoms with Gasteiger partial charge in [0.2, 0.25) is 0 Å². The van der Waals surface area contributed by atoms with Gasteiger partial charge in [-0.25, -0.2) is 13.6 Å². The molecule has 112 valence electrons. The molecule has 1 saturated heterocycles. The van der Waals surface area contributed by atoms with Gasteiger partial charge in [-0.3, -0.25) is 0 Å². The van der Waals surface area contributed by atoms with Crippen molar-refractivity contribution in [2.45, 2.75) is 18.4 Å². The van der Waals surface area contributed by atoms with Crippen LogP contribution in [0.2, 0.25) is 0 Å². The fraction of sp³-hybridized carbons (Fsp3) is 0.429. The van der Waals surface area contributed by atoms with Gasteiger partial charge >= 0.3 is 6.03 Å². The molecule has 21 heavy (non-hydrogen) atoms. The van der Waals surface area contributed by atoms with Crippen LogP contribution < -0.4 is 10.6 Å². The Kier molecular flexibility index (Phi) is 4.38. The third-order valence-electron chi connectivity index (χ3n) is 3.59. The molecular weight excluding hydrogens is 278 g/mol. The number of likely N-dealkylation sites (tertiary alicyclic amines) is 1. The molecule has 1 heterocycles. The first-order valence-corrected chi connectivity index (χ1v) is 6.58. The van der Waals surface area contributed by atoms with Crippen LogP contribution in [0, 0.1) is 23.0 Å². The standard InChI is InChI=1S/C14H16F2N4O/c1-20-6-4-14(9-17,5-7-20)19-13(21)18-12-3-2-10(15)8-11(12)16/h2-3,8H,4-7H2,1H3,(H2,18,19,21). The Morgan fingerprint density at radius 3 is 2.62 bits per heavy atom. The Morgan fingerprint density at radius 2 is 2.05 bits per heavy atom. The van der Waals surface area contributed by atoms with E-state index in [1.807, 2.05) is 7.05 Å². The average molecular weight is 294 g/mol. The van der Waals surface area contributed by atoms with Crippen molar-refractivity contribution in [3.63, 3.8) is 0 Å². The van der Waals surface area contributed by atoms with Gasteiger partial charge in [0.05, 0.1) is 11.8 Å². The molecule has 0 aliphatic carbocycles. The lowest BCUT2D eigenvalue weighted by atomic mass is 9.89. The van der Waals surface area contributed by atoms with E-state index in [4.69, 9.17) is 0 Å². The Morgan fingerprint density at radius 1 is 1.38 bits per heavy atom. The molecule has 0 atom stereocenters. The molecule has 0 aromatic heterocycles. The van der Waals surface area contributed by atoms with Crippen molar-refractivity contribution in [1.29, 1.82) is 5.26 Å². The number of benzene rings is 1. The summed E-state index contributed by atoms with van der Waals surface area (Å²) in [5.74, 6) is -1.58. The number of carbonyl (C=O) groups is 1. The van der Waals surface area contributed by atoms with Crippen LogP contribution in [0.3, 0.4) is 0 Å². The number of nitrogens with zero attached hydrogens (tertiary/aromatic N) is 2. The number of nitrogens with one attached hydrogen (secondary N) is 2. The van der Waals surface area contributed by atoms with Crippen LogP contribution in [-0.2, 0) is 0 Å². The van der Waals surface area contributed by atoms with E-state index in [1.54, 1.807) is 0 Å². The molecule has 1 aromatic rings. The van der Waals surface area contributed by atoms with E-state index in [2.05, 4.69) is 21.6 Å². The van der Waals surface area contributed by atoms with Gasteiger partial charge in [-0.2, -0.15) is 5.26 Å². The quantitative estimate of drug-likeness (QED) is 0.877. The van der Waals surface area contributed by atoms with Crippen LogP contribution in [0.5, 0.6) is 0 Å². The van der Waals surface area contributed by atoms with Crippen molar-refractivity contribution < 1.29 is 13.6 Å². The summed E-state index contributed by atoms with van der Waals surface area (Å²) in [5, 5.41) is 14.2. The zero-order chi connectivity index (χ0) is 15.5. The second-order valence-electron chi connectivity index (χ2n) is 5.20. The van der Waals surface area contributed by atoms with Crippen LogP contribution in [0.4, 0.5) is 19.3 Å². The third-order valence-corrected chi connectivity index (χ3v) is 3.59. The highest BCUT2D eigenvalue weighted by Gasteiger charge is 2.35. The number of amides is 2. The van der Waals surface area contributed by atoms with E-state index >= 15 is 0 Å². The third kappa shape index (κ3) is 3.67. The highest BCUT2D eigenvalue weighted by Crippen LogP contribution is 2.21. The highest BCUT2D eigenvalue weighted by molar-refractivity contribution is 5.90. The minimum absolute atomic E-state index is 0.130. The predicted molar refractivity (Wildman–Crippen MR) is 73.6 cm³/mol. The van der Waals surface area contributed by atoms with Crippen LogP contribution in [0.1, 0.15) is 12.8 Å². The molecule has 0 bridgehead atoms. The molecule has 0 spiro atoms. The minimum atomic E-state index is -0.951. The van der Waals surface area contributed by atoms with Crippen molar-refractivity contribution in [2.75, 3.05) is 25.5 Å². The number of rotatable bonds is 2. The number of urea groups is 1. The first kappa shape index (κ1) is 15.2. The van der Waals surface area contributed by atoms with E-state index in [0.717, 1.165) is 12.1 Å². The molecule has 2 amide bonds. The largest absolute Gasteiger partial charge is 0.320 e. The summed E-state index contributed by atoms with van der Waals surface area (Å²) in [4.78, 5) is 14.0. The second kappa shape index (κ2) is 6.06. The number of halogens is 2. The molecule has 1 fully saturated rings. The zero-order valence-corrected chi connectivity index (χ0v) is 11.6. The molecule has 1 aliphatic heterocycles. The first-order chi connectivity index (χ1) is 9.94. The summed E-state index contributed by atoms with van der Waals surface area (Å²) in [6, 6.07) is 4.32. The van der Waals surface area contributed by atoms with E-state index in [0.29, 0.717) is 32.0 Å². The lowest BCUT2D eigenvalue weighted by molar-refractivity contribution is 0.193. The van der Waals surface area contributed by atoms with Gasteiger partial charge in [0.1, 0.15) is 17.2 Å². The Labute approximate surface area is 121 Å². The minimum Gasteiger partial charge on any atom is -0.319 e. The summed E-state index contributed by atoms with van der Waals surface area (Å²) in [6.45, 7) is 1.39. The average Bonchev–Trinajstić information content (AvgIpc) is 2.45. The molecule has 2 rings (SSSR count). The molecule has 0 unspecified atom stereocenters. The van der Waals surface area contributed by atoms with E-state index < -0.39 is 23.2 Å². The molecule has 7 heteroatoms. The number of carbonyl (C=O) groups excluding carboxylic acids is 1. The van der Waals surface area contributed by atoms with Crippen molar-refractivity contribution in [3.05, 3.63) is 29.8 Å². The molecule has 0 radical (unpaired) electrons. The molecule has 0 saturated carbocycles. The van der Waals surface area contributed by atoms with Gasteiger partial charge in [0.15, 0.2) is 0 Å². The normalized spacial score (nSPS) is 17.8. The maximum atomic E-state index is 13.5. The predicted octanol–water partition coefficient (Wildman–Crippen LogP) is 2.07. The van der Waals surface area contributed by atoms with E-state index in [-0.39, 0.29) is 5.69 Å². The van der Waals surface area contributed by atoms with Gasteiger partial charge < -0.3 is 15.5 Å². The summed E-state index contributed by atoms with van der Waals surface area (Å²) < 4.78 is 26.3. The van der Waals surface area contributed by atoms with Crippen molar-refractivity contribution in [2.24, 2.45) is 0 Å². The zero-order valence-electron chi connectivity index (χ0n) is 11.6. The number of hydrogen-bond acceptors (Lipinski definition) is 3. The van der Waals surface area contributed by atoms with Crippen molar-refractivity contribution in [1.82, 2.24) is 10.2 Å². The first-order valence-electron chi connectivity index (χ1n) is 6.58. The summed E-state index contributed by atoms with van der Waals surface area (Å²) in [7, 11) is 1.94. The van der Waals surface area contributed by atoms with Gasteiger partial charge in [-0.1, -0.05) is 0 Å². The maximum absolute atomic E-state index is 13.5. The molecule has 2 N–H and O–H groups in total. The Balaban J connectivity index is 2.02. The number of piperidine rings is 1. The van der Waals surface area contributed by atoms with Crippen LogP contribution in [0.15, 0.2) is 18.2 Å². The molecule has 1 aromatic carbocycles. The van der Waals surface area contributed by atoms with Gasteiger partial charge in [0.25, 0.3) is 0 Å². The van der Waals surface area contributed by atoms with Crippen LogP contribution >= 0.6 is 0 Å². The van der Waals surface area contributed by atoms with Crippen molar-refractivity contribution >= 4 is 11.7 Å². The molecular formula is C14H16F2N4O. The topological polar surface area (TPSA) is 68.2 Å². The molecule has 5 nitrogen and oxygen atoms in total. The van der Waals surface area contributed by atoms with Crippen LogP contribution in [-0.4, -0.2) is 36.6 Å². The fourth-order valence-corrected chi connectivity index (χ4v) is 2.23. The van der Waals surface area contributed by atoms with Gasteiger partial charge in [0, 0.05) is 19.2 Å². The summed E-state index contributed by atoms with van der Waals surface area (Å²) in [5.41, 5.74) is -1.08. The SMILES string of the molecule is CN1CCC(C#N)(NC(=O)Nc2ccc(F)cc2F)CC1. The highest BCUT2D eigenvalue weighted by atomic mass is 19.1. The second-order valence-corrected chi connectivity index (χ2v) is 5.20. The lowest BCUT2D eigenvalue weighted by Crippen LogP contribution is -2.54. The smallest absolute Gasteiger partial charge is 0.319 e. The Bertz CT molecular complexity index is 577. The van der Waals surface area contributed by atoms with Crippen molar-refractivity contribution in [3.8, 4) is 6.07 Å².